The van der Waals surface area contributed by atoms with Gasteiger partial charge in [0.2, 0.25) is 0 Å². The first kappa shape index (κ1) is 32.2. The van der Waals surface area contributed by atoms with Crippen LogP contribution in [0.2, 0.25) is 0 Å². The van der Waals surface area contributed by atoms with Gasteiger partial charge in [-0.05, 0) is 99.9 Å². The van der Waals surface area contributed by atoms with Gasteiger partial charge < -0.3 is 8.98 Å². The normalized spacial score (nSPS) is 12.1. The van der Waals surface area contributed by atoms with Crippen LogP contribution in [0.1, 0.15) is 0 Å². The van der Waals surface area contributed by atoms with Crippen LogP contribution in [0.4, 0.5) is 0 Å². The summed E-state index contributed by atoms with van der Waals surface area (Å²) in [6.07, 6.45) is 0. The quantitative estimate of drug-likeness (QED) is 0.168. The summed E-state index contributed by atoms with van der Waals surface area (Å²) in [7, 11) is 0. The van der Waals surface area contributed by atoms with Gasteiger partial charge in [0.25, 0.3) is 5.56 Å². The van der Waals surface area contributed by atoms with E-state index in [-0.39, 0.29) is 5.56 Å². The average molecular weight is 753 g/mol. The summed E-state index contributed by atoms with van der Waals surface area (Å²) in [5.41, 5.74) is 13.8. The van der Waals surface area contributed by atoms with Gasteiger partial charge in [0.15, 0.2) is 0 Å². The van der Waals surface area contributed by atoms with Crippen molar-refractivity contribution in [2.45, 2.75) is 0 Å². The number of aromatic nitrogens is 2. The van der Waals surface area contributed by atoms with E-state index < -0.39 is 0 Å². The highest BCUT2D eigenvalue weighted by Gasteiger charge is 2.20. The Morgan fingerprint density at radius 3 is 1.83 bits per heavy atom. The fourth-order valence-electron chi connectivity index (χ4n) is 9.78. The molecule has 0 radical (unpaired) electrons. The lowest BCUT2D eigenvalue weighted by molar-refractivity contribution is 0.670. The topological polar surface area (TPSA) is 39.5 Å². The number of hydrogen-bond acceptors (Lipinski definition) is 2. The van der Waals surface area contributed by atoms with E-state index in [1.54, 1.807) is 0 Å². The lowest BCUT2D eigenvalue weighted by Crippen LogP contribution is -2.12. The molecule has 59 heavy (non-hydrogen) atoms. The zero-order valence-corrected chi connectivity index (χ0v) is 31.7. The van der Waals surface area contributed by atoms with Gasteiger partial charge in [-0.15, -0.1) is 0 Å². The highest BCUT2D eigenvalue weighted by molar-refractivity contribution is 6.22. The molecule has 4 heteroatoms. The minimum atomic E-state index is 0.0131. The maximum Gasteiger partial charge on any atom is 0.263 e. The first-order chi connectivity index (χ1) is 29.2. The van der Waals surface area contributed by atoms with Crippen LogP contribution in [0.5, 0.6) is 0 Å². The third kappa shape index (κ3) is 4.57. The van der Waals surface area contributed by atoms with Gasteiger partial charge in [0, 0.05) is 54.3 Å². The lowest BCUT2D eigenvalue weighted by atomic mass is 9.97. The molecule has 274 valence electrons. The van der Waals surface area contributed by atoms with Crippen LogP contribution < -0.4 is 5.56 Å². The predicted octanol–water partition coefficient (Wildman–Crippen LogP) is 14.2. The number of furan rings is 1. The van der Waals surface area contributed by atoms with Gasteiger partial charge >= 0.3 is 0 Å². The molecule has 0 aliphatic heterocycles. The fourth-order valence-corrected chi connectivity index (χ4v) is 9.78. The Labute approximate surface area is 337 Å². The monoisotopic (exact) mass is 752 g/mol. The van der Waals surface area contributed by atoms with E-state index in [1.807, 2.05) is 40.8 Å². The molecular formula is C55H32N2O2. The van der Waals surface area contributed by atoms with Gasteiger partial charge in [-0.1, -0.05) is 127 Å². The zero-order valence-electron chi connectivity index (χ0n) is 31.7. The molecule has 0 aliphatic carbocycles. The Morgan fingerprint density at radius 1 is 0.356 bits per heavy atom. The standard InChI is InChI=1S/C55H32N2O2/c58-55-44-19-5-4-16-40(44)47-31-37(33-12-2-1-3-13-33)32-48-46-29-35(24-26-51(46)57(55)53(47)48)34-14-10-15-38(28-34)56-49-22-8-6-17-41(49)45-30-36(25-27-50(45)56)39-20-11-21-43-42-18-7-9-23-52(42)59-54(39)43/h1-32H. The maximum absolute atomic E-state index is 14.2. The Hall–Kier alpha value is -7.95. The van der Waals surface area contributed by atoms with Crippen molar-refractivity contribution in [3.63, 3.8) is 0 Å². The first-order valence-electron chi connectivity index (χ1n) is 20.0. The molecule has 0 atom stereocenters. The minimum Gasteiger partial charge on any atom is -0.455 e. The SMILES string of the molecule is O=c1c2ccccc2c2cc(-c3ccccc3)cc3c4cc(-c5cccc(-n6c7ccccc7c7cc(-c8cccc9c8oc8ccccc89)ccc76)c5)ccc4n1c23. The second-order valence-electron chi connectivity index (χ2n) is 15.6. The highest BCUT2D eigenvalue weighted by Crippen LogP contribution is 2.42. The number of benzene rings is 9. The highest BCUT2D eigenvalue weighted by atomic mass is 16.3. The maximum atomic E-state index is 14.2. The van der Waals surface area contributed by atoms with Crippen molar-refractivity contribution in [2.24, 2.45) is 0 Å². The predicted molar refractivity (Wildman–Crippen MR) is 245 cm³/mol. The Morgan fingerprint density at radius 2 is 0.949 bits per heavy atom. The fraction of sp³-hybridized carbons (Fsp3) is 0. The average Bonchev–Trinajstić information content (AvgIpc) is 3.96. The Bertz CT molecular complexity index is 3920. The van der Waals surface area contributed by atoms with Crippen LogP contribution in [-0.4, -0.2) is 8.97 Å². The van der Waals surface area contributed by atoms with Gasteiger partial charge in [0.1, 0.15) is 11.2 Å². The summed E-state index contributed by atoms with van der Waals surface area (Å²) < 4.78 is 10.8. The van der Waals surface area contributed by atoms with Gasteiger partial charge in [-0.3, -0.25) is 9.20 Å². The van der Waals surface area contributed by atoms with Crippen LogP contribution in [0.15, 0.2) is 203 Å². The molecule has 0 N–H and O–H groups in total. The van der Waals surface area contributed by atoms with E-state index in [9.17, 15) is 4.79 Å². The van der Waals surface area contributed by atoms with Crippen molar-refractivity contribution >= 4 is 81.7 Å². The third-order valence-electron chi connectivity index (χ3n) is 12.4. The van der Waals surface area contributed by atoms with Crippen molar-refractivity contribution in [3.05, 3.63) is 204 Å². The minimum absolute atomic E-state index is 0.0131. The lowest BCUT2D eigenvalue weighted by Gasteiger charge is -2.11. The summed E-state index contributed by atoms with van der Waals surface area (Å²) in [4.78, 5) is 14.2. The molecule has 0 fully saturated rings. The summed E-state index contributed by atoms with van der Waals surface area (Å²) in [5, 5.41) is 9.57. The molecule has 0 saturated carbocycles. The van der Waals surface area contributed by atoms with Crippen molar-refractivity contribution in [1.82, 2.24) is 8.97 Å². The second-order valence-corrected chi connectivity index (χ2v) is 15.6. The molecule has 0 aliphatic rings. The summed E-state index contributed by atoms with van der Waals surface area (Å²) >= 11 is 0. The van der Waals surface area contributed by atoms with Crippen LogP contribution >= 0.6 is 0 Å². The van der Waals surface area contributed by atoms with E-state index in [1.165, 1.54) is 10.8 Å². The first-order valence-corrected chi connectivity index (χ1v) is 20.0. The molecule has 13 rings (SSSR count). The summed E-state index contributed by atoms with van der Waals surface area (Å²) in [6, 6.07) is 68.5. The van der Waals surface area contributed by atoms with E-state index in [0.29, 0.717) is 0 Å². The van der Waals surface area contributed by atoms with Crippen molar-refractivity contribution < 1.29 is 4.42 Å². The Kier molecular flexibility index (Phi) is 6.56. The molecule has 13 aromatic rings. The zero-order chi connectivity index (χ0) is 38.8. The van der Waals surface area contributed by atoms with Crippen LogP contribution in [-0.2, 0) is 0 Å². The van der Waals surface area contributed by atoms with E-state index in [0.717, 1.165) is 110 Å². The molecule has 0 spiro atoms. The number of hydrogen-bond donors (Lipinski definition) is 0. The number of para-hydroxylation sites is 3. The third-order valence-corrected chi connectivity index (χ3v) is 12.4. The number of nitrogens with zero attached hydrogens (tertiary/aromatic N) is 2. The molecule has 4 nitrogen and oxygen atoms in total. The van der Waals surface area contributed by atoms with Crippen molar-refractivity contribution in [2.75, 3.05) is 0 Å². The second kappa shape index (κ2) is 12.0. The molecule has 0 unspecified atom stereocenters. The number of pyridine rings is 1. The number of rotatable bonds is 4. The van der Waals surface area contributed by atoms with E-state index >= 15 is 0 Å². The Balaban J connectivity index is 0.996. The molecule has 0 bridgehead atoms. The van der Waals surface area contributed by atoms with Crippen molar-refractivity contribution in [1.29, 1.82) is 0 Å². The van der Waals surface area contributed by atoms with Crippen LogP contribution in [0.25, 0.3) is 121 Å². The molecule has 4 heterocycles. The van der Waals surface area contributed by atoms with E-state index in [4.69, 9.17) is 4.42 Å². The molecule has 4 aromatic heterocycles. The van der Waals surface area contributed by atoms with E-state index in [2.05, 4.69) is 162 Å². The van der Waals surface area contributed by atoms with Crippen LogP contribution in [0.3, 0.4) is 0 Å². The summed E-state index contributed by atoms with van der Waals surface area (Å²) in [5.74, 6) is 0. The van der Waals surface area contributed by atoms with Gasteiger partial charge in [-0.2, -0.15) is 0 Å². The molecule has 9 aromatic carbocycles. The molecule has 0 amide bonds. The van der Waals surface area contributed by atoms with Gasteiger partial charge in [-0.25, -0.2) is 0 Å². The van der Waals surface area contributed by atoms with Crippen molar-refractivity contribution in [3.8, 4) is 39.1 Å². The largest absolute Gasteiger partial charge is 0.455 e. The molecule has 0 saturated heterocycles. The smallest absolute Gasteiger partial charge is 0.263 e. The number of fused-ring (bicyclic) bond motifs is 11. The summed E-state index contributed by atoms with van der Waals surface area (Å²) in [6.45, 7) is 0. The van der Waals surface area contributed by atoms with Crippen LogP contribution in [0, 0.1) is 0 Å². The molecular weight excluding hydrogens is 721 g/mol. The van der Waals surface area contributed by atoms with Gasteiger partial charge in [0.05, 0.1) is 22.1 Å².